The van der Waals surface area contributed by atoms with Crippen LogP contribution in [0.25, 0.3) is 11.1 Å². The van der Waals surface area contributed by atoms with Crippen LogP contribution < -0.4 is 0 Å². The predicted octanol–water partition coefficient (Wildman–Crippen LogP) is 3.94. The van der Waals surface area contributed by atoms with Crippen LogP contribution in [-0.2, 0) is 9.47 Å². The molecule has 1 N–H and O–H groups in total. The minimum absolute atomic E-state index is 0.0320. The molecule has 5 heteroatoms. The van der Waals surface area contributed by atoms with Crippen LogP contribution in [0.2, 0.25) is 0 Å². The van der Waals surface area contributed by atoms with Gasteiger partial charge in [0.05, 0.1) is 12.2 Å². The third-order valence-electron chi connectivity index (χ3n) is 6.81. The number of carbonyl (C=O) groups is 1. The first kappa shape index (κ1) is 18.6. The van der Waals surface area contributed by atoms with Gasteiger partial charge in [0, 0.05) is 25.1 Å². The van der Waals surface area contributed by atoms with E-state index in [1.165, 1.54) is 22.3 Å². The average molecular weight is 393 g/mol. The number of ether oxygens (including phenoxy) is 2. The van der Waals surface area contributed by atoms with Gasteiger partial charge in [-0.15, -0.1) is 0 Å². The lowest BCUT2D eigenvalue weighted by Crippen LogP contribution is -2.55. The lowest BCUT2D eigenvalue weighted by atomic mass is 9.87. The van der Waals surface area contributed by atoms with Gasteiger partial charge in [0.2, 0.25) is 0 Å². The molecule has 1 aliphatic carbocycles. The number of fused-ring (bicyclic) bond motifs is 5. The van der Waals surface area contributed by atoms with E-state index in [1.54, 1.807) is 7.11 Å². The number of amides is 1. The van der Waals surface area contributed by atoms with Crippen molar-refractivity contribution in [2.75, 3.05) is 20.3 Å². The van der Waals surface area contributed by atoms with Crippen LogP contribution in [0.4, 0.5) is 4.79 Å². The van der Waals surface area contributed by atoms with E-state index >= 15 is 0 Å². The third-order valence-corrected chi connectivity index (χ3v) is 6.81. The maximum atomic E-state index is 13.0. The van der Waals surface area contributed by atoms with Gasteiger partial charge in [-0.1, -0.05) is 48.5 Å². The summed E-state index contributed by atoms with van der Waals surface area (Å²) in [7, 11) is 1.61. The van der Waals surface area contributed by atoms with Crippen molar-refractivity contribution in [2.24, 2.45) is 0 Å². The standard InChI is InChI=1S/C24H27NO4/c1-28-15-24(27)12-16-10-11-17(13-24)25(16)23(26)29-14-22-20-8-4-2-6-18(20)19-7-3-5-9-21(19)22/h2-9,16-17,22,27H,10-15H2,1H3. The first-order valence-corrected chi connectivity index (χ1v) is 10.4. The van der Waals surface area contributed by atoms with Crippen LogP contribution in [-0.4, -0.2) is 54.1 Å². The van der Waals surface area contributed by atoms with E-state index in [1.807, 2.05) is 17.0 Å². The van der Waals surface area contributed by atoms with Crippen LogP contribution >= 0.6 is 0 Å². The summed E-state index contributed by atoms with van der Waals surface area (Å²) < 4.78 is 11.1. The lowest BCUT2D eigenvalue weighted by molar-refractivity contribution is -0.0881. The number of carbonyl (C=O) groups excluding carboxylic acids is 1. The van der Waals surface area contributed by atoms with Gasteiger partial charge in [-0.2, -0.15) is 0 Å². The Kier molecular flexibility index (Phi) is 4.60. The molecular formula is C24H27NO4. The Hall–Kier alpha value is -2.37. The van der Waals surface area contributed by atoms with E-state index in [9.17, 15) is 9.90 Å². The molecule has 2 aliphatic heterocycles. The summed E-state index contributed by atoms with van der Waals surface area (Å²) in [4.78, 5) is 14.9. The molecular weight excluding hydrogens is 366 g/mol. The Morgan fingerprint density at radius 3 is 2.14 bits per heavy atom. The average Bonchev–Trinajstić information content (AvgIpc) is 3.19. The lowest BCUT2D eigenvalue weighted by Gasteiger charge is -2.42. The van der Waals surface area contributed by atoms with Crippen LogP contribution in [0.15, 0.2) is 48.5 Å². The van der Waals surface area contributed by atoms with Gasteiger partial charge >= 0.3 is 6.09 Å². The molecule has 0 saturated carbocycles. The summed E-state index contributed by atoms with van der Waals surface area (Å²) in [5, 5.41) is 10.8. The van der Waals surface area contributed by atoms with Crippen LogP contribution in [0.3, 0.4) is 0 Å². The zero-order chi connectivity index (χ0) is 20.0. The van der Waals surface area contributed by atoms with Crippen molar-refractivity contribution >= 4 is 6.09 Å². The van der Waals surface area contributed by atoms with Crippen molar-refractivity contribution in [1.29, 1.82) is 0 Å². The van der Waals surface area contributed by atoms with E-state index in [4.69, 9.17) is 9.47 Å². The molecule has 29 heavy (non-hydrogen) atoms. The monoisotopic (exact) mass is 393 g/mol. The number of rotatable bonds is 4. The Labute approximate surface area is 171 Å². The highest BCUT2D eigenvalue weighted by molar-refractivity contribution is 5.79. The number of nitrogens with zero attached hydrogens (tertiary/aromatic N) is 1. The van der Waals surface area contributed by atoms with Crippen molar-refractivity contribution in [2.45, 2.75) is 49.3 Å². The highest BCUT2D eigenvalue weighted by Crippen LogP contribution is 2.45. The Morgan fingerprint density at radius 1 is 1.03 bits per heavy atom. The topological polar surface area (TPSA) is 59.0 Å². The minimum Gasteiger partial charge on any atom is -0.448 e. The van der Waals surface area contributed by atoms with E-state index < -0.39 is 5.60 Å². The number of hydrogen-bond donors (Lipinski definition) is 1. The smallest absolute Gasteiger partial charge is 0.410 e. The molecule has 5 nitrogen and oxygen atoms in total. The van der Waals surface area contributed by atoms with E-state index in [0.717, 1.165) is 12.8 Å². The van der Waals surface area contributed by atoms with Crippen molar-refractivity contribution in [3.63, 3.8) is 0 Å². The molecule has 2 saturated heterocycles. The van der Waals surface area contributed by atoms with Gasteiger partial charge < -0.3 is 19.5 Å². The maximum Gasteiger partial charge on any atom is 0.410 e. The first-order valence-electron chi connectivity index (χ1n) is 10.4. The summed E-state index contributed by atoms with van der Waals surface area (Å²) in [6.45, 7) is 0.656. The van der Waals surface area contributed by atoms with Gasteiger partial charge in [-0.05, 0) is 47.9 Å². The molecule has 2 heterocycles. The number of piperidine rings is 1. The second-order valence-electron chi connectivity index (χ2n) is 8.66. The van der Waals surface area contributed by atoms with Gasteiger partial charge in [-0.25, -0.2) is 4.79 Å². The molecule has 2 bridgehead atoms. The first-order chi connectivity index (χ1) is 14.1. The van der Waals surface area contributed by atoms with E-state index in [-0.39, 0.29) is 24.1 Å². The molecule has 0 radical (unpaired) electrons. The predicted molar refractivity (Wildman–Crippen MR) is 110 cm³/mol. The molecule has 5 rings (SSSR count). The summed E-state index contributed by atoms with van der Waals surface area (Å²) in [5.41, 5.74) is 4.06. The second kappa shape index (κ2) is 7.15. The Balaban J connectivity index is 1.31. The third kappa shape index (κ3) is 3.13. The Morgan fingerprint density at radius 2 is 1.59 bits per heavy atom. The Bertz CT molecular complexity index is 867. The molecule has 0 aromatic heterocycles. The molecule has 3 aliphatic rings. The highest BCUT2D eigenvalue weighted by Gasteiger charge is 2.50. The summed E-state index contributed by atoms with van der Waals surface area (Å²) in [6, 6.07) is 16.8. The normalized spacial score (nSPS) is 27.6. The van der Waals surface area contributed by atoms with Crippen LogP contribution in [0, 0.1) is 0 Å². The molecule has 2 fully saturated rings. The molecule has 1 amide bonds. The maximum absolute atomic E-state index is 13.0. The van der Waals surface area contributed by atoms with Gasteiger partial charge in [0.15, 0.2) is 0 Å². The molecule has 2 aromatic carbocycles. The number of hydrogen-bond acceptors (Lipinski definition) is 4. The molecule has 2 unspecified atom stereocenters. The molecule has 2 atom stereocenters. The summed E-state index contributed by atoms with van der Waals surface area (Å²) >= 11 is 0. The largest absolute Gasteiger partial charge is 0.448 e. The van der Waals surface area contributed by atoms with Gasteiger partial charge in [0.1, 0.15) is 6.61 Å². The fourth-order valence-corrected chi connectivity index (χ4v) is 5.68. The van der Waals surface area contributed by atoms with Crippen molar-refractivity contribution < 1.29 is 19.4 Å². The SMILES string of the molecule is COCC1(O)CC2CCC(C1)N2C(=O)OCC1c2ccccc2-c2ccccc21. The minimum atomic E-state index is -0.833. The zero-order valence-corrected chi connectivity index (χ0v) is 16.7. The quantitative estimate of drug-likeness (QED) is 0.855. The molecule has 2 aromatic rings. The fourth-order valence-electron chi connectivity index (χ4n) is 5.68. The highest BCUT2D eigenvalue weighted by atomic mass is 16.6. The van der Waals surface area contributed by atoms with Crippen molar-refractivity contribution in [1.82, 2.24) is 4.90 Å². The molecule has 0 spiro atoms. The fraction of sp³-hybridized carbons (Fsp3) is 0.458. The van der Waals surface area contributed by atoms with Gasteiger partial charge in [-0.3, -0.25) is 0 Å². The van der Waals surface area contributed by atoms with Gasteiger partial charge in [0.25, 0.3) is 0 Å². The number of benzene rings is 2. The van der Waals surface area contributed by atoms with Crippen LogP contribution in [0.1, 0.15) is 42.7 Å². The van der Waals surface area contributed by atoms with Crippen molar-refractivity contribution in [3.8, 4) is 11.1 Å². The summed E-state index contributed by atoms with van der Waals surface area (Å²) in [5.74, 6) is 0.0687. The van der Waals surface area contributed by atoms with E-state index in [0.29, 0.717) is 26.1 Å². The molecule has 152 valence electrons. The van der Waals surface area contributed by atoms with E-state index in [2.05, 4.69) is 36.4 Å². The second-order valence-corrected chi connectivity index (χ2v) is 8.66. The van der Waals surface area contributed by atoms with Crippen molar-refractivity contribution in [3.05, 3.63) is 59.7 Å². The van der Waals surface area contributed by atoms with Crippen LogP contribution in [0.5, 0.6) is 0 Å². The summed E-state index contributed by atoms with van der Waals surface area (Å²) in [6.07, 6.45) is 2.70. The zero-order valence-electron chi connectivity index (χ0n) is 16.7. The number of aliphatic hydroxyl groups is 1. The number of methoxy groups -OCH3 is 1.